The van der Waals surface area contributed by atoms with Gasteiger partial charge in [0, 0.05) is 19.3 Å². The van der Waals surface area contributed by atoms with Gasteiger partial charge in [0.05, 0.1) is 0 Å². The van der Waals surface area contributed by atoms with Crippen molar-refractivity contribution in [1.29, 1.82) is 0 Å². The normalized spacial score (nSPS) is 12.7. The van der Waals surface area contributed by atoms with Gasteiger partial charge in [-0.3, -0.25) is 14.4 Å². The second-order valence-corrected chi connectivity index (χ2v) is 19.9. The lowest BCUT2D eigenvalue weighted by Gasteiger charge is -2.18. The highest BCUT2D eigenvalue weighted by atomic mass is 16.6. The summed E-state index contributed by atoms with van der Waals surface area (Å²) in [5.74, 6) is -0.901. The monoisotopic (exact) mass is 989 g/mol. The van der Waals surface area contributed by atoms with Gasteiger partial charge < -0.3 is 14.2 Å². The number of esters is 3. The zero-order valence-corrected chi connectivity index (χ0v) is 46.7. The third-order valence-electron chi connectivity index (χ3n) is 12.9. The smallest absolute Gasteiger partial charge is 0.306 e. The van der Waals surface area contributed by atoms with Gasteiger partial charge >= 0.3 is 17.9 Å². The quantitative estimate of drug-likeness (QED) is 0.0261. The van der Waals surface area contributed by atoms with Crippen LogP contribution >= 0.6 is 0 Å². The first-order valence-electron chi connectivity index (χ1n) is 30.1. The van der Waals surface area contributed by atoms with Gasteiger partial charge in [-0.25, -0.2) is 0 Å². The van der Waals surface area contributed by atoms with E-state index in [1.807, 2.05) is 0 Å². The van der Waals surface area contributed by atoms with Crippen molar-refractivity contribution in [3.05, 3.63) is 85.1 Å². The summed E-state index contributed by atoms with van der Waals surface area (Å²) in [6.07, 6.45) is 77.9. The van der Waals surface area contributed by atoms with E-state index in [9.17, 15) is 14.4 Å². The van der Waals surface area contributed by atoms with Crippen LogP contribution in [0.1, 0.15) is 290 Å². The van der Waals surface area contributed by atoms with Gasteiger partial charge in [-0.1, -0.05) is 266 Å². The average Bonchev–Trinajstić information content (AvgIpc) is 3.37. The molecule has 0 spiro atoms. The maximum absolute atomic E-state index is 12.7. The molecule has 0 saturated heterocycles. The van der Waals surface area contributed by atoms with Gasteiger partial charge in [-0.2, -0.15) is 0 Å². The molecule has 1 atom stereocenters. The summed E-state index contributed by atoms with van der Waals surface area (Å²) in [6.45, 7) is 6.38. The number of carbonyl (C=O) groups excluding carboxylic acids is 3. The van der Waals surface area contributed by atoms with Crippen LogP contribution in [0.2, 0.25) is 0 Å². The van der Waals surface area contributed by atoms with E-state index in [0.717, 1.165) is 128 Å². The maximum Gasteiger partial charge on any atom is 0.306 e. The second-order valence-electron chi connectivity index (χ2n) is 19.9. The molecule has 0 heterocycles. The summed E-state index contributed by atoms with van der Waals surface area (Å²) in [5.41, 5.74) is 0. The summed E-state index contributed by atoms with van der Waals surface area (Å²) >= 11 is 0. The van der Waals surface area contributed by atoms with Crippen molar-refractivity contribution in [3.63, 3.8) is 0 Å². The molecule has 71 heavy (non-hydrogen) atoms. The molecule has 6 nitrogen and oxygen atoms in total. The van der Waals surface area contributed by atoms with Crippen molar-refractivity contribution >= 4 is 17.9 Å². The molecular weight excluding hydrogens is 877 g/mol. The Balaban J connectivity index is 3.89. The van der Waals surface area contributed by atoms with Crippen molar-refractivity contribution < 1.29 is 28.6 Å². The molecule has 408 valence electrons. The highest BCUT2D eigenvalue weighted by Crippen LogP contribution is 2.16. The molecule has 0 aliphatic heterocycles. The van der Waals surface area contributed by atoms with Crippen LogP contribution in [-0.4, -0.2) is 37.2 Å². The average molecular weight is 990 g/mol. The molecule has 0 aromatic rings. The first-order chi connectivity index (χ1) is 35.0. The van der Waals surface area contributed by atoms with Gasteiger partial charge in [0.25, 0.3) is 0 Å². The van der Waals surface area contributed by atoms with Crippen LogP contribution in [0.15, 0.2) is 85.1 Å². The van der Waals surface area contributed by atoms with E-state index in [-0.39, 0.29) is 31.1 Å². The number of carbonyl (C=O) groups is 3. The fourth-order valence-corrected chi connectivity index (χ4v) is 8.39. The lowest BCUT2D eigenvalue weighted by atomic mass is 10.0. The fraction of sp³-hybridized carbons (Fsp3) is 0.738. The van der Waals surface area contributed by atoms with E-state index in [1.54, 1.807) is 0 Å². The topological polar surface area (TPSA) is 78.9 Å². The van der Waals surface area contributed by atoms with Crippen molar-refractivity contribution in [2.24, 2.45) is 0 Å². The van der Waals surface area contributed by atoms with Crippen LogP contribution < -0.4 is 0 Å². The van der Waals surface area contributed by atoms with Crippen LogP contribution in [0.5, 0.6) is 0 Å². The molecule has 0 rings (SSSR count). The van der Waals surface area contributed by atoms with Crippen LogP contribution in [0.4, 0.5) is 0 Å². The molecule has 0 N–H and O–H groups in total. The predicted octanol–water partition coefficient (Wildman–Crippen LogP) is 20.3. The molecular formula is C65H112O6. The molecule has 0 saturated carbocycles. The minimum Gasteiger partial charge on any atom is -0.462 e. The van der Waals surface area contributed by atoms with Crippen molar-refractivity contribution in [2.75, 3.05) is 13.2 Å². The zero-order valence-electron chi connectivity index (χ0n) is 46.7. The van der Waals surface area contributed by atoms with Crippen molar-refractivity contribution in [3.8, 4) is 0 Å². The first-order valence-corrected chi connectivity index (χ1v) is 30.1. The molecule has 0 aliphatic carbocycles. The Labute approximate surface area is 439 Å². The highest BCUT2D eigenvalue weighted by molar-refractivity contribution is 5.71. The minimum absolute atomic E-state index is 0.0788. The summed E-state index contributed by atoms with van der Waals surface area (Å²) in [5, 5.41) is 0. The predicted molar refractivity (Wildman–Crippen MR) is 307 cm³/mol. The number of allylic oxidation sites excluding steroid dienone is 14. The number of rotatable bonds is 54. The van der Waals surface area contributed by atoms with Gasteiger partial charge in [-0.15, -0.1) is 0 Å². The van der Waals surface area contributed by atoms with Gasteiger partial charge in [0.1, 0.15) is 13.2 Å². The Morgan fingerprint density at radius 3 is 0.915 bits per heavy atom. The van der Waals surface area contributed by atoms with Crippen LogP contribution in [0.3, 0.4) is 0 Å². The van der Waals surface area contributed by atoms with Gasteiger partial charge in [0.15, 0.2) is 6.10 Å². The summed E-state index contributed by atoms with van der Waals surface area (Å²) in [7, 11) is 0. The largest absolute Gasteiger partial charge is 0.462 e. The number of hydrogen-bond acceptors (Lipinski definition) is 6. The molecule has 0 amide bonds. The Morgan fingerprint density at radius 2 is 0.577 bits per heavy atom. The van der Waals surface area contributed by atoms with Crippen molar-refractivity contribution in [1.82, 2.24) is 0 Å². The van der Waals surface area contributed by atoms with E-state index in [0.29, 0.717) is 19.3 Å². The molecule has 0 fully saturated rings. The van der Waals surface area contributed by atoms with E-state index in [1.165, 1.54) is 122 Å². The van der Waals surface area contributed by atoms with Crippen LogP contribution in [0, 0.1) is 0 Å². The van der Waals surface area contributed by atoms with Crippen LogP contribution in [-0.2, 0) is 28.6 Å². The Hall–Kier alpha value is -3.41. The molecule has 0 bridgehead atoms. The van der Waals surface area contributed by atoms with E-state index in [2.05, 4.69) is 106 Å². The minimum atomic E-state index is -0.776. The van der Waals surface area contributed by atoms with Crippen molar-refractivity contribution in [2.45, 2.75) is 297 Å². The Morgan fingerprint density at radius 1 is 0.296 bits per heavy atom. The van der Waals surface area contributed by atoms with Gasteiger partial charge in [0.2, 0.25) is 0 Å². The van der Waals surface area contributed by atoms with E-state index in [4.69, 9.17) is 14.2 Å². The Kier molecular flexibility index (Phi) is 56.3. The summed E-state index contributed by atoms with van der Waals surface area (Å²) in [6, 6.07) is 0. The number of unbranched alkanes of at least 4 members (excludes halogenated alkanes) is 29. The maximum atomic E-state index is 12.7. The molecule has 6 heteroatoms. The molecule has 0 radical (unpaired) electrons. The lowest BCUT2D eigenvalue weighted by molar-refractivity contribution is -0.167. The van der Waals surface area contributed by atoms with E-state index >= 15 is 0 Å². The zero-order chi connectivity index (χ0) is 51.4. The molecule has 0 aromatic heterocycles. The summed E-state index contributed by atoms with van der Waals surface area (Å²) < 4.78 is 16.7. The number of ether oxygens (including phenoxy) is 3. The molecule has 0 aromatic carbocycles. The number of hydrogen-bond donors (Lipinski definition) is 0. The SMILES string of the molecule is CC/C=C\C/C=C\C/C=C\C/C=C\C/C=C\CCCCCCCCCCCCCCCCCCCCCC(=O)OCC(COC(=O)CCCCCCC)OC(=O)CCCCCCC/C=C\C/C=C\CCC. The molecule has 1 unspecified atom stereocenters. The fourth-order valence-electron chi connectivity index (χ4n) is 8.39. The highest BCUT2D eigenvalue weighted by Gasteiger charge is 2.19. The Bertz CT molecular complexity index is 1370. The lowest BCUT2D eigenvalue weighted by Crippen LogP contribution is -2.30. The third-order valence-corrected chi connectivity index (χ3v) is 12.9. The van der Waals surface area contributed by atoms with Gasteiger partial charge in [-0.05, 0) is 89.9 Å². The summed E-state index contributed by atoms with van der Waals surface area (Å²) in [4.78, 5) is 37.7. The standard InChI is InChI=1S/C65H112O6/c1-4-7-10-13-15-17-19-21-22-23-24-25-26-27-28-29-30-31-32-33-34-35-36-37-38-39-40-41-42-44-45-47-49-52-55-58-64(67)70-61-62(60-69-63(66)57-54-51-12-9-6-3)71-65(68)59-56-53-50-48-46-43-20-18-16-14-11-8-5-2/h7,10-11,14-15,17-18,20-22,24-25,27-28,62H,4-6,8-9,12-13,16,19,23,26,29-61H2,1-3H3/b10-7-,14-11-,17-15-,20-18-,22-21-,25-24-,28-27-. The second kappa shape index (κ2) is 59.2. The first kappa shape index (κ1) is 67.6. The molecule has 0 aliphatic rings. The van der Waals surface area contributed by atoms with Crippen LogP contribution in [0.25, 0.3) is 0 Å². The third kappa shape index (κ3) is 57.4. The van der Waals surface area contributed by atoms with E-state index < -0.39 is 6.10 Å².